The summed E-state index contributed by atoms with van der Waals surface area (Å²) in [4.78, 5) is 9.71. The van der Waals surface area contributed by atoms with Crippen molar-refractivity contribution in [3.05, 3.63) is 142 Å². The van der Waals surface area contributed by atoms with Gasteiger partial charge in [-0.2, -0.15) is 18.6 Å². The molecule has 6 aromatic carbocycles. The lowest BCUT2D eigenvalue weighted by Crippen LogP contribution is -2.02. The number of hydrogen-bond donors (Lipinski definition) is 4. The highest BCUT2D eigenvalue weighted by Gasteiger charge is 2.19. The molecule has 0 saturated carbocycles. The molecular formula is C39H32N6O8S. The van der Waals surface area contributed by atoms with Crippen molar-refractivity contribution in [1.82, 2.24) is 0 Å². The zero-order chi connectivity index (χ0) is 38.4. The molecule has 0 atom stereocenters. The predicted molar refractivity (Wildman–Crippen MR) is 206 cm³/mol. The molecule has 0 fully saturated rings. The number of nitro groups is 1. The lowest BCUT2D eigenvalue weighted by Gasteiger charge is -2.10. The minimum Gasteiger partial charge on any atom is -0.505 e. The van der Waals surface area contributed by atoms with Gasteiger partial charge in [-0.25, -0.2) is 0 Å². The third-order valence-corrected chi connectivity index (χ3v) is 9.14. The normalized spacial score (nSPS) is 11.9. The molecule has 0 aromatic heterocycles. The van der Waals surface area contributed by atoms with Crippen LogP contribution in [0.15, 0.2) is 135 Å². The molecule has 4 N–H and O–H groups in total. The van der Waals surface area contributed by atoms with E-state index >= 15 is 0 Å². The first-order chi connectivity index (χ1) is 25.9. The molecule has 0 heterocycles. The topological polar surface area (TPSA) is 209 Å². The minimum atomic E-state index is -4.72. The fourth-order valence-corrected chi connectivity index (χ4v) is 6.08. The number of methoxy groups -OCH3 is 1. The van der Waals surface area contributed by atoms with Crippen LogP contribution in [0.5, 0.6) is 11.5 Å². The molecule has 0 radical (unpaired) electrons. The average Bonchev–Trinajstić information content (AvgIpc) is 3.16. The number of aliphatic hydroxyl groups is 1. The summed E-state index contributed by atoms with van der Waals surface area (Å²) in [5.41, 5.74) is 4.90. The number of aryl methyl sites for hydroxylation is 1. The van der Waals surface area contributed by atoms with Crippen LogP contribution in [0.3, 0.4) is 0 Å². The van der Waals surface area contributed by atoms with Gasteiger partial charge in [-0.15, -0.1) is 10.2 Å². The molecule has 6 rings (SSSR count). The van der Waals surface area contributed by atoms with Crippen LogP contribution in [0.2, 0.25) is 0 Å². The van der Waals surface area contributed by atoms with Crippen molar-refractivity contribution in [2.75, 3.05) is 12.4 Å². The summed E-state index contributed by atoms with van der Waals surface area (Å²) in [5, 5.41) is 54.1. The molecule has 0 amide bonds. The van der Waals surface area contributed by atoms with Gasteiger partial charge in [0.1, 0.15) is 22.0 Å². The molecule has 0 aliphatic carbocycles. The second-order valence-electron chi connectivity index (χ2n) is 12.0. The Hall–Kier alpha value is -6.81. The van der Waals surface area contributed by atoms with Crippen LogP contribution in [-0.2, 0) is 16.7 Å². The fourth-order valence-electron chi connectivity index (χ4n) is 5.38. The van der Waals surface area contributed by atoms with E-state index in [-0.39, 0.29) is 23.6 Å². The summed E-state index contributed by atoms with van der Waals surface area (Å²) in [6.07, 6.45) is 2.97. The number of nitro benzene ring substituents is 1. The predicted octanol–water partition coefficient (Wildman–Crippen LogP) is 10.3. The first-order valence-corrected chi connectivity index (χ1v) is 17.6. The third kappa shape index (κ3) is 8.62. The summed E-state index contributed by atoms with van der Waals surface area (Å²) < 4.78 is 38.7. The molecule has 6 aromatic rings. The van der Waals surface area contributed by atoms with Gasteiger partial charge in [-0.1, -0.05) is 48.0 Å². The maximum Gasteiger partial charge on any atom is 0.295 e. The van der Waals surface area contributed by atoms with Crippen LogP contribution >= 0.6 is 0 Å². The molecule has 0 aliphatic rings. The maximum atomic E-state index is 11.8. The molecule has 272 valence electrons. The molecule has 0 saturated heterocycles. The lowest BCUT2D eigenvalue weighted by atomic mass is 10.1. The quantitative estimate of drug-likeness (QED) is 0.0308. The molecule has 0 aliphatic heterocycles. The van der Waals surface area contributed by atoms with Crippen molar-refractivity contribution in [2.24, 2.45) is 20.5 Å². The van der Waals surface area contributed by atoms with Crippen molar-refractivity contribution in [1.29, 1.82) is 0 Å². The standard InChI is InChI=1S/C39H32N6O8S/c1-24-3-11-29(12-4-24)40-31-15-17-33-27(19-31)10-18-34(39(33)47)42-44-36-20-28(23-46)35(22-37(36)53-2)43-41-30-13-6-25(7-14-30)5-8-26-9-16-32(45(48)49)21-38(26)54(50,51)52/h3-22,40,46-47H,23H2,1-2H3,(H,50,51,52). The number of benzene rings is 6. The number of phenolic OH excluding ortho intramolecular Hbond substituents is 1. The number of hydrogen-bond acceptors (Lipinski definition) is 12. The van der Waals surface area contributed by atoms with E-state index in [1.54, 1.807) is 54.6 Å². The SMILES string of the molecule is COc1cc(N=Nc2ccc(C=Cc3ccc([N+](=O)[O-])cc3S(=O)(=O)O)cc2)c(CO)cc1N=Nc1ccc2cc(Nc3ccc(C)cc3)ccc2c1O. The number of fused-ring (bicyclic) bond motifs is 1. The number of aliphatic hydroxyl groups excluding tert-OH is 1. The van der Waals surface area contributed by atoms with Crippen LogP contribution in [0.4, 0.5) is 39.8 Å². The molecule has 0 bridgehead atoms. The summed E-state index contributed by atoms with van der Waals surface area (Å²) in [6, 6.07) is 30.1. The van der Waals surface area contributed by atoms with E-state index in [4.69, 9.17) is 4.74 Å². The summed E-state index contributed by atoms with van der Waals surface area (Å²) in [5.74, 6) is 0.258. The summed E-state index contributed by atoms with van der Waals surface area (Å²) in [7, 11) is -3.27. The van der Waals surface area contributed by atoms with Gasteiger partial charge in [0.2, 0.25) is 0 Å². The van der Waals surface area contributed by atoms with E-state index in [1.165, 1.54) is 19.3 Å². The Kier molecular flexibility index (Phi) is 10.8. The fraction of sp³-hybridized carbons (Fsp3) is 0.0769. The summed E-state index contributed by atoms with van der Waals surface area (Å²) in [6.45, 7) is 1.64. The van der Waals surface area contributed by atoms with Crippen LogP contribution < -0.4 is 10.1 Å². The average molecular weight is 745 g/mol. The van der Waals surface area contributed by atoms with Crippen molar-refractivity contribution < 1.29 is 32.8 Å². The van der Waals surface area contributed by atoms with Gasteiger partial charge in [0.05, 0.1) is 30.0 Å². The number of anilines is 2. The van der Waals surface area contributed by atoms with Crippen LogP contribution in [0.1, 0.15) is 22.3 Å². The number of ether oxygens (including phenoxy) is 1. The van der Waals surface area contributed by atoms with Crippen LogP contribution in [0.25, 0.3) is 22.9 Å². The number of phenols is 1. The van der Waals surface area contributed by atoms with Gasteiger partial charge in [-0.3, -0.25) is 14.7 Å². The molecule has 14 nitrogen and oxygen atoms in total. The van der Waals surface area contributed by atoms with Gasteiger partial charge in [-0.05, 0) is 84.1 Å². The van der Waals surface area contributed by atoms with Crippen molar-refractivity contribution in [3.63, 3.8) is 0 Å². The molecule has 15 heteroatoms. The molecular weight excluding hydrogens is 713 g/mol. The smallest absolute Gasteiger partial charge is 0.295 e. The number of azo groups is 2. The molecule has 54 heavy (non-hydrogen) atoms. The van der Waals surface area contributed by atoms with E-state index in [2.05, 4.69) is 25.8 Å². The lowest BCUT2D eigenvalue weighted by molar-refractivity contribution is -0.385. The van der Waals surface area contributed by atoms with Gasteiger partial charge < -0.3 is 20.3 Å². The Labute approximate surface area is 309 Å². The van der Waals surface area contributed by atoms with E-state index in [9.17, 15) is 33.3 Å². The minimum absolute atomic E-state index is 0.0411. The van der Waals surface area contributed by atoms with Crippen molar-refractivity contribution in [2.45, 2.75) is 18.4 Å². The van der Waals surface area contributed by atoms with E-state index in [0.717, 1.165) is 34.5 Å². The van der Waals surface area contributed by atoms with Gasteiger partial charge >= 0.3 is 0 Å². The van der Waals surface area contributed by atoms with E-state index in [0.29, 0.717) is 39.3 Å². The number of nitrogens with one attached hydrogen (secondary N) is 1. The third-order valence-electron chi connectivity index (χ3n) is 8.23. The monoisotopic (exact) mass is 744 g/mol. The second kappa shape index (κ2) is 15.8. The Morgan fingerprint density at radius 2 is 1.50 bits per heavy atom. The van der Waals surface area contributed by atoms with Crippen LogP contribution in [-0.4, -0.2) is 35.2 Å². The second-order valence-corrected chi connectivity index (χ2v) is 13.3. The Morgan fingerprint density at radius 1 is 0.796 bits per heavy atom. The van der Waals surface area contributed by atoms with Gasteiger partial charge in [0.15, 0.2) is 5.75 Å². The number of aromatic hydroxyl groups is 1. The first-order valence-electron chi connectivity index (χ1n) is 16.2. The number of rotatable bonds is 12. The zero-order valence-corrected chi connectivity index (χ0v) is 29.6. The summed E-state index contributed by atoms with van der Waals surface area (Å²) >= 11 is 0. The largest absolute Gasteiger partial charge is 0.505 e. The number of non-ortho nitro benzene ring substituents is 1. The Bertz CT molecular complexity index is 2570. The zero-order valence-electron chi connectivity index (χ0n) is 28.8. The van der Waals surface area contributed by atoms with Crippen molar-refractivity contribution >= 4 is 72.9 Å². The van der Waals surface area contributed by atoms with Gasteiger partial charge in [0.25, 0.3) is 15.8 Å². The van der Waals surface area contributed by atoms with Gasteiger partial charge in [0, 0.05) is 40.5 Å². The van der Waals surface area contributed by atoms with E-state index in [1.807, 2.05) is 49.4 Å². The van der Waals surface area contributed by atoms with Crippen LogP contribution in [0, 0.1) is 17.0 Å². The van der Waals surface area contributed by atoms with E-state index < -0.39 is 25.6 Å². The Morgan fingerprint density at radius 3 is 2.19 bits per heavy atom. The molecule has 0 spiro atoms. The Balaban J connectivity index is 1.18. The highest BCUT2D eigenvalue weighted by molar-refractivity contribution is 7.86. The van der Waals surface area contributed by atoms with Crippen molar-refractivity contribution in [3.8, 4) is 11.5 Å². The number of nitrogens with zero attached hydrogens (tertiary/aromatic N) is 5. The first kappa shape index (κ1) is 37.0. The highest BCUT2D eigenvalue weighted by Crippen LogP contribution is 2.40. The maximum absolute atomic E-state index is 11.8. The highest BCUT2D eigenvalue weighted by atomic mass is 32.2. The molecule has 0 unspecified atom stereocenters.